The van der Waals surface area contributed by atoms with Gasteiger partial charge in [0.2, 0.25) is 0 Å². The number of benzene rings is 1. The molecule has 5 nitrogen and oxygen atoms in total. The van der Waals surface area contributed by atoms with Crippen molar-refractivity contribution in [3.05, 3.63) is 57.9 Å². The molecule has 0 spiro atoms. The van der Waals surface area contributed by atoms with Crippen LogP contribution in [0, 0.1) is 0 Å². The quantitative estimate of drug-likeness (QED) is 0.598. The maximum atomic E-state index is 13.5. The number of aromatic nitrogens is 2. The topological polar surface area (TPSA) is 56.1 Å². The Bertz CT molecular complexity index is 1010. The van der Waals surface area contributed by atoms with E-state index in [9.17, 15) is 4.79 Å². The van der Waals surface area contributed by atoms with Gasteiger partial charge in [-0.3, -0.25) is 4.68 Å². The molecule has 2 unspecified atom stereocenters. The molecule has 1 aromatic heterocycles. The molecule has 0 aliphatic carbocycles. The van der Waals surface area contributed by atoms with Crippen LogP contribution in [0.25, 0.3) is 0 Å². The van der Waals surface area contributed by atoms with E-state index in [-0.39, 0.29) is 23.4 Å². The Hall–Kier alpha value is -2.56. The Morgan fingerprint density at radius 2 is 1.87 bits per heavy atom. The standard InChI is InChI=1S/C26H37N3O2/c1-10-16(4)31-25(30)20-17(5)27-24-22(23(26(6,7)8)28-29(24)9)21(20)19-14-12-11-13-18(19)15(2)3/h11-16,21,27H,10H2,1-9H3. The first-order valence-corrected chi connectivity index (χ1v) is 11.3. The minimum Gasteiger partial charge on any atom is -0.459 e. The first-order valence-electron chi connectivity index (χ1n) is 11.3. The fourth-order valence-corrected chi connectivity index (χ4v) is 4.33. The van der Waals surface area contributed by atoms with Gasteiger partial charge in [-0.15, -0.1) is 0 Å². The number of anilines is 1. The molecule has 1 aliphatic rings. The molecule has 31 heavy (non-hydrogen) atoms. The summed E-state index contributed by atoms with van der Waals surface area (Å²) in [6, 6.07) is 8.45. The number of allylic oxidation sites excluding steroid dienone is 1. The van der Waals surface area contributed by atoms with Gasteiger partial charge in [-0.2, -0.15) is 5.10 Å². The lowest BCUT2D eigenvalue weighted by molar-refractivity contribution is -0.143. The molecule has 1 aromatic carbocycles. The second-order valence-electron chi connectivity index (χ2n) is 9.99. The molecule has 0 fully saturated rings. The minimum atomic E-state index is -0.253. The molecule has 1 N–H and O–H groups in total. The van der Waals surface area contributed by atoms with Crippen LogP contribution in [-0.4, -0.2) is 21.9 Å². The van der Waals surface area contributed by atoms with Gasteiger partial charge in [0.05, 0.1) is 17.4 Å². The summed E-state index contributed by atoms with van der Waals surface area (Å²) < 4.78 is 7.75. The van der Waals surface area contributed by atoms with Crippen LogP contribution >= 0.6 is 0 Å². The van der Waals surface area contributed by atoms with Crippen molar-refractivity contribution in [3.8, 4) is 0 Å². The van der Waals surface area contributed by atoms with Crippen molar-refractivity contribution in [1.82, 2.24) is 9.78 Å². The SMILES string of the molecule is CCC(C)OC(=O)C1=C(C)Nc2c(c(C(C)(C)C)nn2C)C1c1ccccc1C(C)C. The fourth-order valence-electron chi connectivity index (χ4n) is 4.33. The number of aryl methyl sites for hydroxylation is 1. The molecular weight excluding hydrogens is 386 g/mol. The van der Waals surface area contributed by atoms with E-state index in [1.54, 1.807) is 0 Å². The Labute approximate surface area is 186 Å². The molecular formula is C26H37N3O2. The Kier molecular flexibility index (Phi) is 6.35. The van der Waals surface area contributed by atoms with E-state index < -0.39 is 0 Å². The Morgan fingerprint density at radius 3 is 2.45 bits per heavy atom. The molecule has 2 heterocycles. The molecule has 0 radical (unpaired) electrons. The zero-order valence-corrected chi connectivity index (χ0v) is 20.5. The highest BCUT2D eigenvalue weighted by molar-refractivity contribution is 5.95. The van der Waals surface area contributed by atoms with Gasteiger partial charge < -0.3 is 10.1 Å². The predicted octanol–water partition coefficient (Wildman–Crippen LogP) is 6.01. The van der Waals surface area contributed by atoms with Crippen molar-refractivity contribution in [1.29, 1.82) is 0 Å². The van der Waals surface area contributed by atoms with Gasteiger partial charge >= 0.3 is 5.97 Å². The molecule has 168 valence electrons. The van der Waals surface area contributed by atoms with Gasteiger partial charge in [-0.1, -0.05) is 65.8 Å². The summed E-state index contributed by atoms with van der Waals surface area (Å²) in [6.45, 7) is 16.8. The third kappa shape index (κ3) is 4.28. The highest BCUT2D eigenvalue weighted by Crippen LogP contribution is 2.48. The first-order chi connectivity index (χ1) is 14.5. The van der Waals surface area contributed by atoms with E-state index in [1.165, 1.54) is 5.56 Å². The summed E-state index contributed by atoms with van der Waals surface area (Å²) in [5.41, 5.74) is 5.80. The smallest absolute Gasteiger partial charge is 0.337 e. The first kappa shape index (κ1) is 23.1. The van der Waals surface area contributed by atoms with Crippen molar-refractivity contribution >= 4 is 11.8 Å². The number of fused-ring (bicyclic) bond motifs is 1. The zero-order valence-electron chi connectivity index (χ0n) is 20.5. The highest BCUT2D eigenvalue weighted by Gasteiger charge is 2.41. The molecule has 3 rings (SSSR count). The van der Waals surface area contributed by atoms with Gasteiger partial charge in [0.25, 0.3) is 0 Å². The number of ether oxygens (including phenoxy) is 1. The molecule has 2 aromatic rings. The summed E-state index contributed by atoms with van der Waals surface area (Å²) in [6.07, 6.45) is 0.649. The van der Waals surface area contributed by atoms with E-state index in [2.05, 4.69) is 64.2 Å². The van der Waals surface area contributed by atoms with Crippen LogP contribution in [0.3, 0.4) is 0 Å². The van der Waals surface area contributed by atoms with Crippen LogP contribution in [-0.2, 0) is 22.0 Å². The lowest BCUT2D eigenvalue weighted by Crippen LogP contribution is -2.29. The van der Waals surface area contributed by atoms with Crippen molar-refractivity contribution in [2.75, 3.05) is 5.32 Å². The number of hydrogen-bond acceptors (Lipinski definition) is 4. The average Bonchev–Trinajstić information content (AvgIpc) is 3.03. The number of esters is 1. The van der Waals surface area contributed by atoms with Crippen LogP contribution in [0.15, 0.2) is 35.5 Å². The van der Waals surface area contributed by atoms with Crippen molar-refractivity contribution < 1.29 is 9.53 Å². The van der Waals surface area contributed by atoms with Crippen LogP contribution in [0.1, 0.15) is 96.0 Å². The minimum absolute atomic E-state index is 0.133. The number of rotatable bonds is 5. The van der Waals surface area contributed by atoms with Gasteiger partial charge in [0.15, 0.2) is 0 Å². The van der Waals surface area contributed by atoms with Crippen LogP contribution in [0.2, 0.25) is 0 Å². The third-order valence-electron chi connectivity index (χ3n) is 6.11. The molecule has 1 aliphatic heterocycles. The van der Waals surface area contributed by atoms with Gasteiger partial charge in [-0.05, 0) is 37.3 Å². The Balaban J connectivity index is 2.32. The average molecular weight is 424 g/mol. The number of carbonyl (C=O) groups is 1. The second-order valence-corrected chi connectivity index (χ2v) is 9.99. The number of hydrogen-bond donors (Lipinski definition) is 1. The molecule has 0 saturated heterocycles. The molecule has 0 amide bonds. The van der Waals surface area contributed by atoms with Crippen molar-refractivity contribution in [2.45, 2.75) is 85.2 Å². The maximum Gasteiger partial charge on any atom is 0.337 e. The fraction of sp³-hybridized carbons (Fsp3) is 0.538. The normalized spacial score (nSPS) is 17.4. The third-order valence-corrected chi connectivity index (χ3v) is 6.11. The van der Waals surface area contributed by atoms with Crippen LogP contribution in [0.4, 0.5) is 5.82 Å². The maximum absolute atomic E-state index is 13.5. The van der Waals surface area contributed by atoms with E-state index in [0.29, 0.717) is 11.5 Å². The molecule has 5 heteroatoms. The molecule has 0 saturated carbocycles. The van der Waals surface area contributed by atoms with Gasteiger partial charge in [0, 0.05) is 29.6 Å². The summed E-state index contributed by atoms with van der Waals surface area (Å²) >= 11 is 0. The Morgan fingerprint density at radius 1 is 1.23 bits per heavy atom. The number of carbonyl (C=O) groups excluding carboxylic acids is 1. The van der Waals surface area contributed by atoms with E-state index in [0.717, 1.165) is 34.8 Å². The van der Waals surface area contributed by atoms with E-state index in [4.69, 9.17) is 9.84 Å². The second kappa shape index (κ2) is 8.52. The monoisotopic (exact) mass is 423 g/mol. The lowest BCUT2D eigenvalue weighted by atomic mass is 9.75. The van der Waals surface area contributed by atoms with Gasteiger partial charge in [-0.25, -0.2) is 4.79 Å². The van der Waals surface area contributed by atoms with Crippen molar-refractivity contribution in [2.24, 2.45) is 7.05 Å². The van der Waals surface area contributed by atoms with E-state index >= 15 is 0 Å². The predicted molar refractivity (Wildman–Crippen MR) is 126 cm³/mol. The summed E-state index contributed by atoms with van der Waals surface area (Å²) in [4.78, 5) is 13.5. The summed E-state index contributed by atoms with van der Waals surface area (Å²) in [5.74, 6) is 0.800. The summed E-state index contributed by atoms with van der Waals surface area (Å²) in [5, 5.41) is 8.37. The lowest BCUT2D eigenvalue weighted by Gasteiger charge is -2.32. The highest BCUT2D eigenvalue weighted by atomic mass is 16.5. The molecule has 0 bridgehead atoms. The zero-order chi connectivity index (χ0) is 23.1. The van der Waals surface area contributed by atoms with Crippen molar-refractivity contribution in [3.63, 3.8) is 0 Å². The van der Waals surface area contributed by atoms with Crippen LogP contribution in [0.5, 0.6) is 0 Å². The number of nitrogens with zero attached hydrogens (tertiary/aromatic N) is 2. The van der Waals surface area contributed by atoms with Gasteiger partial charge in [0.1, 0.15) is 5.82 Å². The number of nitrogens with one attached hydrogen (secondary N) is 1. The van der Waals surface area contributed by atoms with Crippen LogP contribution < -0.4 is 5.32 Å². The van der Waals surface area contributed by atoms with E-state index in [1.807, 2.05) is 32.5 Å². The largest absolute Gasteiger partial charge is 0.459 e. The summed E-state index contributed by atoms with van der Waals surface area (Å²) in [7, 11) is 1.96. The molecule has 2 atom stereocenters.